The molecule has 0 aliphatic heterocycles. The molecule has 0 aliphatic rings. The monoisotopic (exact) mass is 271 g/mol. The van der Waals surface area contributed by atoms with Crippen LogP contribution in [0.3, 0.4) is 0 Å². The van der Waals surface area contributed by atoms with Crippen molar-refractivity contribution in [3.8, 4) is 5.75 Å². The minimum atomic E-state index is -0.100. The fourth-order valence-corrected chi connectivity index (χ4v) is 2.01. The Labute approximate surface area is 120 Å². The lowest BCUT2D eigenvalue weighted by atomic mass is 10.0. The van der Waals surface area contributed by atoms with Crippen molar-refractivity contribution in [1.82, 2.24) is 4.90 Å². The van der Waals surface area contributed by atoms with Crippen molar-refractivity contribution in [1.29, 1.82) is 0 Å². The summed E-state index contributed by atoms with van der Waals surface area (Å²) in [6, 6.07) is 17.3. The van der Waals surface area contributed by atoms with E-state index in [0.717, 1.165) is 17.7 Å². The van der Waals surface area contributed by atoms with Crippen molar-refractivity contribution in [2.75, 3.05) is 27.2 Å². The Morgan fingerprint density at radius 3 is 2.15 bits per heavy atom. The van der Waals surface area contributed by atoms with Crippen molar-refractivity contribution in [3.05, 3.63) is 65.7 Å². The number of phenolic OH excluding ortho intramolecular Hbond substituents is 1. The number of rotatable bonds is 6. The van der Waals surface area contributed by atoms with Crippen LogP contribution in [0.25, 0.3) is 0 Å². The Hall–Kier alpha value is -1.84. The van der Waals surface area contributed by atoms with E-state index in [9.17, 15) is 5.11 Å². The first kappa shape index (κ1) is 14.6. The summed E-state index contributed by atoms with van der Waals surface area (Å²) in [5.41, 5.74) is 2.17. The highest BCUT2D eigenvalue weighted by Crippen LogP contribution is 2.27. The maximum atomic E-state index is 9.41. The molecule has 0 spiro atoms. The molecule has 1 atom stereocenters. The summed E-state index contributed by atoms with van der Waals surface area (Å²) in [5, 5.41) is 9.41. The molecule has 0 unspecified atom stereocenters. The molecule has 0 saturated carbocycles. The van der Waals surface area contributed by atoms with E-state index in [1.54, 1.807) is 12.1 Å². The van der Waals surface area contributed by atoms with E-state index < -0.39 is 0 Å². The van der Waals surface area contributed by atoms with Crippen LogP contribution >= 0.6 is 0 Å². The van der Waals surface area contributed by atoms with Crippen LogP contribution in [0, 0.1) is 0 Å². The van der Waals surface area contributed by atoms with Gasteiger partial charge < -0.3 is 14.7 Å². The first-order chi connectivity index (χ1) is 9.66. The highest BCUT2D eigenvalue weighted by Gasteiger charge is 2.14. The average molecular weight is 271 g/mol. The van der Waals surface area contributed by atoms with Gasteiger partial charge in [0.1, 0.15) is 11.9 Å². The lowest BCUT2D eigenvalue weighted by Gasteiger charge is -2.20. The molecule has 2 aromatic carbocycles. The zero-order valence-electron chi connectivity index (χ0n) is 12.0. The Morgan fingerprint density at radius 2 is 1.55 bits per heavy atom. The molecule has 0 aromatic heterocycles. The molecule has 0 bridgehead atoms. The molecule has 20 heavy (non-hydrogen) atoms. The molecule has 1 N–H and O–H groups in total. The number of likely N-dealkylation sites (N-methyl/N-ethyl adjacent to an activating group) is 1. The van der Waals surface area contributed by atoms with Gasteiger partial charge in [0.25, 0.3) is 0 Å². The van der Waals surface area contributed by atoms with Crippen LogP contribution in [0.4, 0.5) is 0 Å². The average Bonchev–Trinajstić information content (AvgIpc) is 2.46. The Morgan fingerprint density at radius 1 is 0.950 bits per heavy atom. The molecule has 0 aliphatic carbocycles. The highest BCUT2D eigenvalue weighted by molar-refractivity contribution is 5.33. The van der Waals surface area contributed by atoms with Crippen molar-refractivity contribution < 1.29 is 9.84 Å². The maximum absolute atomic E-state index is 9.41. The summed E-state index contributed by atoms with van der Waals surface area (Å²) in [7, 11) is 4.06. The third kappa shape index (κ3) is 4.08. The minimum absolute atomic E-state index is 0.100. The Bertz CT molecular complexity index is 508. The van der Waals surface area contributed by atoms with E-state index in [1.807, 2.05) is 44.4 Å². The zero-order valence-corrected chi connectivity index (χ0v) is 12.0. The van der Waals surface area contributed by atoms with Gasteiger partial charge in [0.2, 0.25) is 0 Å². The lowest BCUT2D eigenvalue weighted by Crippen LogP contribution is -2.20. The van der Waals surface area contributed by atoms with Gasteiger partial charge in [0, 0.05) is 6.54 Å². The van der Waals surface area contributed by atoms with Crippen LogP contribution in [0.2, 0.25) is 0 Å². The molecule has 106 valence electrons. The van der Waals surface area contributed by atoms with Crippen LogP contribution in [0.5, 0.6) is 5.75 Å². The van der Waals surface area contributed by atoms with Gasteiger partial charge in [-0.2, -0.15) is 0 Å². The second-order valence-electron chi connectivity index (χ2n) is 5.06. The van der Waals surface area contributed by atoms with Crippen LogP contribution in [0.1, 0.15) is 17.2 Å². The third-order valence-corrected chi connectivity index (χ3v) is 3.12. The van der Waals surface area contributed by atoms with Gasteiger partial charge in [-0.15, -0.1) is 0 Å². The Balaban J connectivity index is 2.18. The second kappa shape index (κ2) is 7.08. The van der Waals surface area contributed by atoms with Gasteiger partial charge in [-0.1, -0.05) is 42.5 Å². The van der Waals surface area contributed by atoms with Crippen molar-refractivity contribution in [2.45, 2.75) is 6.10 Å². The molecule has 2 rings (SSSR count). The molecule has 0 saturated heterocycles. The maximum Gasteiger partial charge on any atom is 0.115 e. The van der Waals surface area contributed by atoms with E-state index in [0.29, 0.717) is 6.61 Å². The van der Waals surface area contributed by atoms with E-state index in [1.165, 1.54) is 0 Å². The summed E-state index contributed by atoms with van der Waals surface area (Å²) in [6.07, 6.45) is -0.100. The largest absolute Gasteiger partial charge is 0.508 e. The van der Waals surface area contributed by atoms with E-state index >= 15 is 0 Å². The van der Waals surface area contributed by atoms with Gasteiger partial charge in [0.15, 0.2) is 0 Å². The predicted molar refractivity (Wildman–Crippen MR) is 80.9 cm³/mol. The van der Waals surface area contributed by atoms with Crippen LogP contribution in [-0.2, 0) is 4.74 Å². The predicted octanol–water partition coefficient (Wildman–Crippen LogP) is 3.06. The minimum Gasteiger partial charge on any atom is -0.508 e. The summed E-state index contributed by atoms with van der Waals surface area (Å²) in [4.78, 5) is 2.10. The molecule has 0 fully saturated rings. The molecule has 0 radical (unpaired) electrons. The summed E-state index contributed by atoms with van der Waals surface area (Å²) in [6.45, 7) is 1.54. The SMILES string of the molecule is CN(C)CCO[C@@H](c1ccccc1)c1ccc(O)cc1. The number of benzene rings is 2. The smallest absolute Gasteiger partial charge is 0.115 e. The Kier molecular flexibility index (Phi) is 5.16. The number of hydrogen-bond acceptors (Lipinski definition) is 3. The lowest BCUT2D eigenvalue weighted by molar-refractivity contribution is 0.0687. The fourth-order valence-electron chi connectivity index (χ4n) is 2.01. The molecule has 0 amide bonds. The topological polar surface area (TPSA) is 32.7 Å². The molecular weight excluding hydrogens is 250 g/mol. The number of ether oxygens (including phenoxy) is 1. The third-order valence-electron chi connectivity index (χ3n) is 3.12. The summed E-state index contributed by atoms with van der Waals surface area (Å²) < 4.78 is 6.04. The van der Waals surface area contributed by atoms with E-state index in [4.69, 9.17) is 4.74 Å². The quantitative estimate of drug-likeness (QED) is 0.876. The number of nitrogens with zero attached hydrogens (tertiary/aromatic N) is 1. The van der Waals surface area contributed by atoms with Crippen molar-refractivity contribution in [2.24, 2.45) is 0 Å². The highest BCUT2D eigenvalue weighted by atomic mass is 16.5. The first-order valence-electron chi connectivity index (χ1n) is 6.77. The first-order valence-corrected chi connectivity index (χ1v) is 6.77. The fraction of sp³-hybridized carbons (Fsp3) is 0.294. The van der Waals surface area contributed by atoms with Crippen LogP contribution in [-0.4, -0.2) is 37.3 Å². The zero-order chi connectivity index (χ0) is 14.4. The van der Waals surface area contributed by atoms with E-state index in [2.05, 4.69) is 17.0 Å². The standard InChI is InChI=1S/C17H21NO2/c1-18(2)12-13-20-17(14-6-4-3-5-7-14)15-8-10-16(19)11-9-15/h3-11,17,19H,12-13H2,1-2H3/t17-/m0/s1. The van der Waals surface area contributed by atoms with Crippen LogP contribution < -0.4 is 0 Å². The second-order valence-corrected chi connectivity index (χ2v) is 5.06. The summed E-state index contributed by atoms with van der Waals surface area (Å²) >= 11 is 0. The molecule has 2 aromatic rings. The molecule has 3 nitrogen and oxygen atoms in total. The molecular formula is C17H21NO2. The number of phenols is 1. The molecule has 0 heterocycles. The normalized spacial score (nSPS) is 12.6. The van der Waals surface area contributed by atoms with Gasteiger partial charge in [0.05, 0.1) is 6.61 Å². The van der Waals surface area contributed by atoms with Gasteiger partial charge >= 0.3 is 0 Å². The number of aromatic hydroxyl groups is 1. The van der Waals surface area contributed by atoms with Crippen LogP contribution in [0.15, 0.2) is 54.6 Å². The van der Waals surface area contributed by atoms with Gasteiger partial charge in [-0.05, 0) is 37.4 Å². The number of hydrogen-bond donors (Lipinski definition) is 1. The van der Waals surface area contributed by atoms with E-state index in [-0.39, 0.29) is 11.9 Å². The summed E-state index contributed by atoms with van der Waals surface area (Å²) in [5.74, 6) is 0.272. The van der Waals surface area contributed by atoms with Gasteiger partial charge in [-0.25, -0.2) is 0 Å². The molecule has 3 heteroatoms. The van der Waals surface area contributed by atoms with Gasteiger partial charge in [-0.3, -0.25) is 0 Å². The van der Waals surface area contributed by atoms with Crippen molar-refractivity contribution >= 4 is 0 Å². The van der Waals surface area contributed by atoms with Crippen molar-refractivity contribution in [3.63, 3.8) is 0 Å².